The van der Waals surface area contributed by atoms with Gasteiger partial charge in [0, 0.05) is 23.0 Å². The van der Waals surface area contributed by atoms with Crippen molar-refractivity contribution >= 4 is 0 Å². The first kappa shape index (κ1) is 25.2. The molecule has 1 aliphatic carbocycles. The van der Waals surface area contributed by atoms with Crippen LogP contribution >= 0.6 is 0 Å². The third-order valence-electron chi connectivity index (χ3n) is 2.87. The summed E-state index contributed by atoms with van der Waals surface area (Å²) in [5.41, 5.74) is 2.60. The minimum atomic E-state index is 0. The van der Waals surface area contributed by atoms with Gasteiger partial charge in [0.1, 0.15) is 5.76 Å². The van der Waals surface area contributed by atoms with E-state index < -0.39 is 0 Å². The van der Waals surface area contributed by atoms with Gasteiger partial charge in [-0.3, -0.25) is 0 Å². The number of benzene rings is 1. The topological polar surface area (TPSA) is 68.9 Å². The molecule has 0 heterocycles. The molecule has 0 unspecified atom stereocenters. The Labute approximate surface area is 141 Å². The Morgan fingerprint density at radius 3 is 1.95 bits per heavy atom. The van der Waals surface area contributed by atoms with Gasteiger partial charge < -0.3 is 4.74 Å². The Hall–Kier alpha value is -1.76. The predicted molar refractivity (Wildman–Crippen MR) is 74.4 cm³/mol. The van der Waals surface area contributed by atoms with E-state index in [9.17, 15) is 0 Å². The van der Waals surface area contributed by atoms with Crippen LogP contribution in [-0.4, -0.2) is 7.11 Å². The average Bonchev–Trinajstić information content (AvgIpc) is 2.61. The van der Waals surface area contributed by atoms with E-state index in [0.29, 0.717) is 5.92 Å². The van der Waals surface area contributed by atoms with Gasteiger partial charge in [-0.15, -0.1) is 0 Å². The molecule has 2 rings (SSSR count). The molecular weight excluding hydrogens is 324 g/mol. The Morgan fingerprint density at radius 2 is 1.50 bits per heavy atom. The predicted octanol–water partition coefficient (Wildman–Crippen LogP) is 3.54. The van der Waals surface area contributed by atoms with Crippen LogP contribution < -0.4 is 0 Å². The van der Waals surface area contributed by atoms with Gasteiger partial charge in [-0.05, 0) is 30.6 Å². The zero-order chi connectivity index (χ0) is 16.7. The average molecular weight is 340 g/mol. The minimum absolute atomic E-state index is 0. The molecule has 116 valence electrons. The molecule has 0 fully saturated rings. The normalized spacial score (nSPS) is 14.3. The fourth-order valence-electron chi connectivity index (χ4n) is 1.95. The largest absolute Gasteiger partial charge is 0 e. The summed E-state index contributed by atoms with van der Waals surface area (Å²) in [6.07, 6.45) is 5.53. The molecule has 5 heteroatoms. The maximum atomic E-state index is 7.50. The van der Waals surface area contributed by atoms with Gasteiger partial charge in [0.2, 0.25) is 0 Å². The van der Waals surface area contributed by atoms with Crippen molar-refractivity contribution in [2.75, 3.05) is 7.11 Å². The van der Waals surface area contributed by atoms with E-state index >= 15 is 0 Å². The van der Waals surface area contributed by atoms with Gasteiger partial charge >= 0.3 is 33.9 Å². The van der Waals surface area contributed by atoms with Gasteiger partial charge in [0.05, 0.1) is 7.11 Å². The molecule has 22 heavy (non-hydrogen) atoms. The van der Waals surface area contributed by atoms with Crippen molar-refractivity contribution in [3.8, 4) is 0 Å². The number of ether oxygens (including phenoxy) is 1. The zero-order valence-electron chi connectivity index (χ0n) is 12.3. The fourth-order valence-corrected chi connectivity index (χ4v) is 1.95. The number of hydrogen-bond donors (Lipinski definition) is 0. The molecule has 1 aromatic carbocycles. The molecule has 0 saturated heterocycles. The molecule has 1 atom stereocenters. The number of rotatable bonds is 2. The Morgan fingerprint density at radius 1 is 1.00 bits per heavy atom. The Balaban J connectivity index is -0.000000463. The molecule has 1 aromatic rings. The first-order valence-corrected chi connectivity index (χ1v) is 5.90. The molecule has 0 N–H and O–H groups in total. The summed E-state index contributed by atoms with van der Waals surface area (Å²) in [4.78, 5) is 0. The number of allylic oxidation sites excluding steroid dienone is 3. The first-order chi connectivity index (χ1) is 10.3. The van der Waals surface area contributed by atoms with Crippen molar-refractivity contribution in [1.82, 2.24) is 0 Å². The smallest absolute Gasteiger partial charge is 0 e. The molecular formula is C17H16FeO4. The summed E-state index contributed by atoms with van der Waals surface area (Å²) in [6, 6.07) is 10.6. The summed E-state index contributed by atoms with van der Waals surface area (Å²) >= 11 is 0. The van der Waals surface area contributed by atoms with E-state index in [1.807, 2.05) is 6.07 Å². The number of methoxy groups -OCH3 is 1. The van der Waals surface area contributed by atoms with E-state index in [1.54, 1.807) is 7.11 Å². The van der Waals surface area contributed by atoms with E-state index in [0.717, 1.165) is 12.2 Å². The van der Waals surface area contributed by atoms with Gasteiger partial charge in [-0.1, -0.05) is 36.4 Å². The van der Waals surface area contributed by atoms with E-state index in [2.05, 4.69) is 63.3 Å². The fraction of sp³-hybridized carbons (Fsp3) is 0.235. The van der Waals surface area contributed by atoms with Gasteiger partial charge in [-0.25, -0.2) is 0 Å². The summed E-state index contributed by atoms with van der Waals surface area (Å²) in [6.45, 7) is 15.6. The van der Waals surface area contributed by atoms with Gasteiger partial charge in [-0.2, -0.15) is 0 Å². The second kappa shape index (κ2) is 17.3. The van der Waals surface area contributed by atoms with E-state index in [1.165, 1.54) is 11.1 Å². The molecule has 0 bridgehead atoms. The molecule has 0 radical (unpaired) electrons. The van der Waals surface area contributed by atoms with Crippen LogP contribution in [0.4, 0.5) is 0 Å². The maximum absolute atomic E-state index is 7.50. The summed E-state index contributed by atoms with van der Waals surface area (Å²) < 4.78 is 27.8. The van der Waals surface area contributed by atoms with Crippen LogP contribution in [0.2, 0.25) is 0 Å². The monoisotopic (exact) mass is 340 g/mol. The molecule has 0 spiro atoms. The minimum Gasteiger partial charge on any atom is 0 e. The summed E-state index contributed by atoms with van der Waals surface area (Å²) in [5, 5.41) is 0. The third-order valence-corrected chi connectivity index (χ3v) is 2.87. The molecule has 0 aromatic heterocycles. The zero-order valence-corrected chi connectivity index (χ0v) is 13.4. The van der Waals surface area contributed by atoms with E-state index in [-0.39, 0.29) is 17.1 Å². The second-order valence-electron chi connectivity index (χ2n) is 3.88. The molecule has 0 amide bonds. The second-order valence-corrected chi connectivity index (χ2v) is 3.88. The summed E-state index contributed by atoms with van der Waals surface area (Å²) in [5.74, 6) is 1.47. The van der Waals surface area contributed by atoms with Crippen molar-refractivity contribution in [3.05, 3.63) is 79.3 Å². The quantitative estimate of drug-likeness (QED) is 0.461. The van der Waals surface area contributed by atoms with E-state index in [4.69, 9.17) is 18.7 Å². The van der Waals surface area contributed by atoms with Crippen LogP contribution in [-0.2, 0) is 35.8 Å². The van der Waals surface area contributed by atoms with Crippen molar-refractivity contribution in [3.63, 3.8) is 0 Å². The number of hydrogen-bond acceptors (Lipinski definition) is 1. The van der Waals surface area contributed by atoms with Crippen LogP contribution in [0.25, 0.3) is 0 Å². The Bertz CT molecular complexity index is 498. The molecule has 0 aliphatic heterocycles. The maximum Gasteiger partial charge on any atom is 0 e. The molecule has 4 nitrogen and oxygen atoms in total. The standard InChI is InChI=1S/C14H16O.3CO.Fe/c1-11-8-9-13(10-14(11)15-2)12-6-4-3-5-7-12;3*1-2;/h3-8,10,13H,9H2,1-2H3;;;;/t13-;;;;/m0..../s1. The Kier molecular flexibility index (Phi) is 19.8. The van der Waals surface area contributed by atoms with Crippen molar-refractivity contribution in [1.29, 1.82) is 0 Å². The van der Waals surface area contributed by atoms with Gasteiger partial charge in [0.15, 0.2) is 0 Å². The van der Waals surface area contributed by atoms with Crippen LogP contribution in [0.1, 0.15) is 24.8 Å². The van der Waals surface area contributed by atoms with Crippen LogP contribution in [0.5, 0.6) is 0 Å². The van der Waals surface area contributed by atoms with Crippen LogP contribution in [0, 0.1) is 20.0 Å². The van der Waals surface area contributed by atoms with Crippen molar-refractivity contribution in [2.45, 2.75) is 19.3 Å². The summed E-state index contributed by atoms with van der Waals surface area (Å²) in [7, 11) is 1.73. The van der Waals surface area contributed by atoms with Crippen LogP contribution in [0.15, 0.2) is 53.8 Å². The van der Waals surface area contributed by atoms with Gasteiger partial charge in [0.25, 0.3) is 0 Å². The molecule has 1 aliphatic rings. The third kappa shape index (κ3) is 8.51. The first-order valence-electron chi connectivity index (χ1n) is 5.90. The SMILES string of the molecule is COC1=C[C@@H](c2ccccc2)CC=C1C.[C-]#[O+].[C-]#[O+].[C-]#[O+].[Fe]. The van der Waals surface area contributed by atoms with Crippen molar-refractivity contribution in [2.24, 2.45) is 0 Å². The molecule has 0 saturated carbocycles. The van der Waals surface area contributed by atoms with Crippen LogP contribution in [0.3, 0.4) is 0 Å². The van der Waals surface area contributed by atoms with Crippen molar-refractivity contribution < 1.29 is 35.8 Å².